The zero-order valence-corrected chi connectivity index (χ0v) is 17.7. The largest absolute Gasteiger partial charge is 0.472 e. The molecule has 3 aromatic rings. The summed E-state index contributed by atoms with van der Waals surface area (Å²) in [6.45, 7) is 4.08. The Kier molecular flexibility index (Phi) is 5.86. The van der Waals surface area contributed by atoms with E-state index in [0.29, 0.717) is 0 Å². The summed E-state index contributed by atoms with van der Waals surface area (Å²) in [5, 5.41) is 10.00. The standard InChI is InChI=1S/C19H17BrF2N4O4/c1-9-24-16(30-8-10-4-5-11(21)6-13(10)22)14(20)17(28)26(9)18-23-7-12(15(27)25-18)19(2,3)29/h4-7,29H,8H2,1-3H3,(H,23,25,27). The van der Waals surface area contributed by atoms with Crippen molar-refractivity contribution in [2.45, 2.75) is 33.0 Å². The monoisotopic (exact) mass is 482 g/mol. The molecule has 0 aliphatic heterocycles. The number of aliphatic hydroxyl groups is 1. The van der Waals surface area contributed by atoms with Crippen LogP contribution in [0.2, 0.25) is 0 Å². The fourth-order valence-corrected chi connectivity index (χ4v) is 3.03. The Morgan fingerprint density at radius 3 is 2.60 bits per heavy atom. The lowest BCUT2D eigenvalue weighted by molar-refractivity contribution is 0.0766. The van der Waals surface area contributed by atoms with E-state index in [1.807, 2.05) is 0 Å². The molecule has 2 N–H and O–H groups in total. The van der Waals surface area contributed by atoms with E-state index in [2.05, 4.69) is 30.9 Å². The fourth-order valence-electron chi connectivity index (χ4n) is 2.65. The van der Waals surface area contributed by atoms with Gasteiger partial charge in [0.25, 0.3) is 11.1 Å². The molecule has 0 atom stereocenters. The number of ether oxygens (including phenoxy) is 1. The van der Waals surface area contributed by atoms with Gasteiger partial charge in [-0.15, -0.1) is 0 Å². The molecule has 0 spiro atoms. The summed E-state index contributed by atoms with van der Waals surface area (Å²) in [4.78, 5) is 35.7. The van der Waals surface area contributed by atoms with Crippen LogP contribution in [0.4, 0.5) is 8.78 Å². The zero-order valence-electron chi connectivity index (χ0n) is 16.2. The molecule has 0 saturated carbocycles. The number of benzene rings is 1. The molecule has 0 aliphatic carbocycles. The third-order valence-corrected chi connectivity index (χ3v) is 4.88. The van der Waals surface area contributed by atoms with E-state index in [1.54, 1.807) is 0 Å². The van der Waals surface area contributed by atoms with Crippen LogP contribution >= 0.6 is 15.9 Å². The minimum absolute atomic E-state index is 0.0326. The van der Waals surface area contributed by atoms with Crippen molar-refractivity contribution in [2.75, 3.05) is 0 Å². The second-order valence-electron chi connectivity index (χ2n) is 6.95. The number of halogens is 3. The van der Waals surface area contributed by atoms with Crippen molar-refractivity contribution in [1.82, 2.24) is 19.5 Å². The Morgan fingerprint density at radius 2 is 2.00 bits per heavy atom. The molecule has 30 heavy (non-hydrogen) atoms. The summed E-state index contributed by atoms with van der Waals surface area (Å²) < 4.78 is 33.2. The molecular weight excluding hydrogens is 466 g/mol. The quantitative estimate of drug-likeness (QED) is 0.577. The Labute approximate surface area is 177 Å². The fraction of sp³-hybridized carbons (Fsp3) is 0.263. The lowest BCUT2D eigenvalue weighted by Gasteiger charge is -2.17. The van der Waals surface area contributed by atoms with Gasteiger partial charge in [-0.2, -0.15) is 4.98 Å². The molecule has 0 saturated heterocycles. The van der Waals surface area contributed by atoms with Crippen LogP contribution in [0.3, 0.4) is 0 Å². The van der Waals surface area contributed by atoms with Crippen molar-refractivity contribution < 1.29 is 18.6 Å². The summed E-state index contributed by atoms with van der Waals surface area (Å²) in [5.74, 6) is -1.57. The maximum atomic E-state index is 13.8. The maximum Gasteiger partial charge on any atom is 0.278 e. The molecule has 0 fully saturated rings. The third kappa shape index (κ3) is 4.31. The number of aryl methyl sites for hydroxylation is 1. The Bertz CT molecular complexity index is 1230. The van der Waals surface area contributed by atoms with Gasteiger partial charge in [-0.05, 0) is 48.8 Å². The summed E-state index contributed by atoms with van der Waals surface area (Å²) in [6, 6.07) is 3.04. The summed E-state index contributed by atoms with van der Waals surface area (Å²) in [6.07, 6.45) is 1.18. The van der Waals surface area contributed by atoms with Gasteiger partial charge in [-0.3, -0.25) is 14.6 Å². The van der Waals surface area contributed by atoms with Gasteiger partial charge in [0.05, 0.1) is 11.2 Å². The first kappa shape index (κ1) is 21.8. The van der Waals surface area contributed by atoms with E-state index in [-0.39, 0.29) is 39.9 Å². The molecule has 2 aromatic heterocycles. The molecule has 3 rings (SSSR count). The summed E-state index contributed by atoms with van der Waals surface area (Å²) in [5.41, 5.74) is -2.53. The number of nitrogens with one attached hydrogen (secondary N) is 1. The van der Waals surface area contributed by atoms with Crippen LogP contribution in [0.15, 0.2) is 38.5 Å². The molecule has 8 nitrogen and oxygen atoms in total. The van der Waals surface area contributed by atoms with Crippen LogP contribution < -0.4 is 15.9 Å². The number of hydrogen-bond donors (Lipinski definition) is 2. The van der Waals surface area contributed by atoms with Crippen molar-refractivity contribution in [3.8, 4) is 11.8 Å². The third-order valence-electron chi connectivity index (χ3n) is 4.20. The SMILES string of the molecule is Cc1nc(OCc2ccc(F)cc2F)c(Br)c(=O)n1-c1ncc(C(C)(C)O)c(=O)[nH]1. The van der Waals surface area contributed by atoms with Crippen LogP contribution in [0.5, 0.6) is 5.88 Å². The first-order chi connectivity index (χ1) is 14.0. The molecule has 11 heteroatoms. The normalized spacial score (nSPS) is 11.6. The highest BCUT2D eigenvalue weighted by atomic mass is 79.9. The Hall–Kier alpha value is -2.92. The highest BCUT2D eigenvalue weighted by molar-refractivity contribution is 9.10. The molecule has 0 radical (unpaired) electrons. The second-order valence-corrected chi connectivity index (χ2v) is 7.74. The number of rotatable bonds is 5. The molecule has 0 unspecified atom stereocenters. The molecule has 2 heterocycles. The maximum absolute atomic E-state index is 13.8. The van der Waals surface area contributed by atoms with Crippen molar-refractivity contribution in [2.24, 2.45) is 0 Å². The first-order valence-corrected chi connectivity index (χ1v) is 9.46. The molecular formula is C19H17BrF2N4O4. The van der Waals surface area contributed by atoms with E-state index < -0.39 is 28.4 Å². The lowest BCUT2D eigenvalue weighted by atomic mass is 10.0. The average molecular weight is 483 g/mol. The van der Waals surface area contributed by atoms with Gasteiger partial charge >= 0.3 is 0 Å². The molecule has 0 amide bonds. The molecule has 158 valence electrons. The molecule has 1 aromatic carbocycles. The average Bonchev–Trinajstić information content (AvgIpc) is 2.64. The van der Waals surface area contributed by atoms with Crippen LogP contribution in [0.25, 0.3) is 5.95 Å². The van der Waals surface area contributed by atoms with Crippen LogP contribution in [0.1, 0.15) is 30.8 Å². The van der Waals surface area contributed by atoms with Gasteiger partial charge in [-0.25, -0.2) is 18.3 Å². The smallest absolute Gasteiger partial charge is 0.278 e. The number of hydrogen-bond acceptors (Lipinski definition) is 6. The minimum Gasteiger partial charge on any atom is -0.472 e. The highest BCUT2D eigenvalue weighted by Crippen LogP contribution is 2.22. The predicted molar refractivity (Wildman–Crippen MR) is 107 cm³/mol. The first-order valence-electron chi connectivity index (χ1n) is 8.67. The van der Waals surface area contributed by atoms with Crippen LogP contribution in [0, 0.1) is 18.6 Å². The van der Waals surface area contributed by atoms with Crippen LogP contribution in [-0.2, 0) is 12.2 Å². The van der Waals surface area contributed by atoms with E-state index in [1.165, 1.54) is 33.0 Å². The van der Waals surface area contributed by atoms with E-state index >= 15 is 0 Å². The Morgan fingerprint density at radius 1 is 1.30 bits per heavy atom. The number of H-pyrrole nitrogens is 1. The minimum atomic E-state index is -1.41. The van der Waals surface area contributed by atoms with E-state index in [0.717, 1.165) is 16.7 Å². The van der Waals surface area contributed by atoms with Gasteiger partial charge in [0.15, 0.2) is 0 Å². The van der Waals surface area contributed by atoms with E-state index in [9.17, 15) is 23.5 Å². The van der Waals surface area contributed by atoms with Gasteiger partial charge in [-0.1, -0.05) is 0 Å². The predicted octanol–water partition coefficient (Wildman–Crippen LogP) is 2.47. The number of aromatic nitrogens is 4. The Balaban J connectivity index is 1.96. The van der Waals surface area contributed by atoms with Crippen molar-refractivity contribution in [3.63, 3.8) is 0 Å². The van der Waals surface area contributed by atoms with Crippen molar-refractivity contribution in [3.05, 3.63) is 78.2 Å². The topological polar surface area (TPSA) is 110 Å². The van der Waals surface area contributed by atoms with Gasteiger partial charge in [0, 0.05) is 17.8 Å². The van der Waals surface area contributed by atoms with Crippen molar-refractivity contribution in [1.29, 1.82) is 0 Å². The highest BCUT2D eigenvalue weighted by Gasteiger charge is 2.22. The summed E-state index contributed by atoms with van der Waals surface area (Å²) >= 11 is 3.10. The number of nitrogens with zero attached hydrogens (tertiary/aromatic N) is 3. The van der Waals surface area contributed by atoms with Gasteiger partial charge < -0.3 is 9.84 Å². The van der Waals surface area contributed by atoms with Gasteiger partial charge in [0.1, 0.15) is 28.5 Å². The number of aromatic amines is 1. The molecule has 0 aliphatic rings. The lowest BCUT2D eigenvalue weighted by Crippen LogP contribution is -2.31. The van der Waals surface area contributed by atoms with Crippen LogP contribution in [-0.4, -0.2) is 24.6 Å². The second kappa shape index (κ2) is 8.07. The zero-order chi connectivity index (χ0) is 22.2. The van der Waals surface area contributed by atoms with Gasteiger partial charge in [0.2, 0.25) is 11.8 Å². The summed E-state index contributed by atoms with van der Waals surface area (Å²) in [7, 11) is 0. The van der Waals surface area contributed by atoms with Crippen molar-refractivity contribution >= 4 is 15.9 Å². The van der Waals surface area contributed by atoms with E-state index in [4.69, 9.17) is 4.74 Å². The molecule has 0 bridgehead atoms.